The maximum atomic E-state index is 12.2. The largest absolute Gasteiger partial charge is 0.446 e. The van der Waals surface area contributed by atoms with Crippen molar-refractivity contribution < 1.29 is 18.0 Å². The minimum atomic E-state index is -4.35. The smallest absolute Gasteiger partial charge is 0.294 e. The summed E-state index contributed by atoms with van der Waals surface area (Å²) in [6.45, 7) is 1.65. The molecule has 0 N–H and O–H groups in total. The Kier molecular flexibility index (Phi) is 4.89. The van der Waals surface area contributed by atoms with Gasteiger partial charge in [-0.25, -0.2) is 0 Å². The van der Waals surface area contributed by atoms with Crippen LogP contribution in [0.25, 0.3) is 0 Å². The fourth-order valence-corrected chi connectivity index (χ4v) is 2.20. The number of aryl methyl sites for hydroxylation is 1. The van der Waals surface area contributed by atoms with Gasteiger partial charge in [-0.2, -0.15) is 13.2 Å². The standard InChI is InChI=1S/C11H10ClF3OS/c1-7-4-8(10(16)2-3-12)6-9(5-7)17-11(13,14)15/h4-6H,2-3H2,1H3. The van der Waals surface area contributed by atoms with Crippen molar-refractivity contribution in [2.24, 2.45) is 0 Å². The van der Waals surface area contributed by atoms with E-state index in [0.717, 1.165) is 0 Å². The molecule has 0 atom stereocenters. The molecule has 0 unspecified atom stereocenters. The van der Waals surface area contributed by atoms with Crippen molar-refractivity contribution in [3.63, 3.8) is 0 Å². The van der Waals surface area contributed by atoms with E-state index in [1.54, 1.807) is 13.0 Å². The number of carbonyl (C=O) groups is 1. The molecular formula is C11H10ClF3OS. The highest BCUT2D eigenvalue weighted by Crippen LogP contribution is 2.37. The number of carbonyl (C=O) groups excluding carboxylic acids is 1. The van der Waals surface area contributed by atoms with Crippen molar-refractivity contribution in [1.82, 2.24) is 0 Å². The predicted octanol–water partition coefficient (Wildman–Crippen LogP) is 4.42. The molecule has 0 bridgehead atoms. The topological polar surface area (TPSA) is 17.1 Å². The molecule has 94 valence electrons. The minimum Gasteiger partial charge on any atom is -0.294 e. The molecule has 17 heavy (non-hydrogen) atoms. The van der Waals surface area contributed by atoms with Crippen molar-refractivity contribution in [2.45, 2.75) is 23.7 Å². The maximum absolute atomic E-state index is 12.2. The first kappa shape index (κ1) is 14.4. The maximum Gasteiger partial charge on any atom is 0.446 e. The van der Waals surface area contributed by atoms with Gasteiger partial charge in [-0.3, -0.25) is 4.79 Å². The van der Waals surface area contributed by atoms with Crippen LogP contribution in [0, 0.1) is 6.92 Å². The summed E-state index contributed by atoms with van der Waals surface area (Å²) in [6, 6.07) is 4.21. The zero-order chi connectivity index (χ0) is 13.1. The van der Waals surface area contributed by atoms with Crippen molar-refractivity contribution in [1.29, 1.82) is 0 Å². The molecule has 0 saturated carbocycles. The van der Waals surface area contributed by atoms with Gasteiger partial charge in [0.15, 0.2) is 5.78 Å². The van der Waals surface area contributed by atoms with Gasteiger partial charge in [0, 0.05) is 22.8 Å². The third-order valence-corrected chi connectivity index (χ3v) is 2.82. The van der Waals surface area contributed by atoms with E-state index in [9.17, 15) is 18.0 Å². The van der Waals surface area contributed by atoms with E-state index in [2.05, 4.69) is 0 Å². The molecule has 1 rings (SSSR count). The Morgan fingerprint density at radius 2 is 2.00 bits per heavy atom. The molecule has 1 aromatic carbocycles. The van der Waals surface area contributed by atoms with E-state index in [4.69, 9.17) is 11.6 Å². The highest BCUT2D eigenvalue weighted by atomic mass is 35.5. The van der Waals surface area contributed by atoms with Gasteiger partial charge in [0.1, 0.15) is 0 Å². The normalized spacial score (nSPS) is 11.6. The molecule has 0 aliphatic rings. The number of alkyl halides is 4. The lowest BCUT2D eigenvalue weighted by molar-refractivity contribution is -0.0328. The fourth-order valence-electron chi connectivity index (χ4n) is 1.33. The molecule has 1 aromatic rings. The Hall–Kier alpha value is -0.680. The van der Waals surface area contributed by atoms with E-state index in [1.807, 2.05) is 0 Å². The average molecular weight is 283 g/mol. The third-order valence-electron chi connectivity index (χ3n) is 1.93. The third kappa shape index (κ3) is 5.00. The summed E-state index contributed by atoms with van der Waals surface area (Å²) in [5.41, 5.74) is -3.45. The molecule has 0 aliphatic carbocycles. The van der Waals surface area contributed by atoms with Crippen LogP contribution in [0.3, 0.4) is 0 Å². The second-order valence-corrected chi connectivity index (χ2v) is 4.96. The predicted molar refractivity (Wildman–Crippen MR) is 62.8 cm³/mol. The van der Waals surface area contributed by atoms with Crippen LogP contribution in [0.4, 0.5) is 13.2 Å². The molecule has 0 aromatic heterocycles. The average Bonchev–Trinajstić information content (AvgIpc) is 2.14. The number of rotatable bonds is 4. The lowest BCUT2D eigenvalue weighted by Crippen LogP contribution is -2.03. The highest BCUT2D eigenvalue weighted by Gasteiger charge is 2.29. The number of halogens is 4. The first-order valence-electron chi connectivity index (χ1n) is 4.78. The molecule has 0 spiro atoms. The number of ketones is 1. The Morgan fingerprint density at radius 3 is 2.53 bits per heavy atom. The van der Waals surface area contributed by atoms with Crippen LogP contribution in [0.15, 0.2) is 23.1 Å². The van der Waals surface area contributed by atoms with Crippen LogP contribution in [0.1, 0.15) is 22.3 Å². The van der Waals surface area contributed by atoms with Crippen LogP contribution in [-0.2, 0) is 0 Å². The van der Waals surface area contributed by atoms with Crippen molar-refractivity contribution in [3.05, 3.63) is 29.3 Å². The first-order chi connectivity index (χ1) is 7.81. The summed E-state index contributed by atoms with van der Waals surface area (Å²) in [6.07, 6.45) is 0.126. The summed E-state index contributed by atoms with van der Waals surface area (Å²) < 4.78 is 36.6. The summed E-state index contributed by atoms with van der Waals surface area (Å²) in [4.78, 5) is 11.6. The van der Waals surface area contributed by atoms with Gasteiger partial charge >= 0.3 is 5.51 Å². The molecular weight excluding hydrogens is 273 g/mol. The number of hydrogen-bond donors (Lipinski definition) is 0. The second kappa shape index (κ2) is 5.78. The zero-order valence-electron chi connectivity index (χ0n) is 8.97. The minimum absolute atomic E-state index is 0.0235. The zero-order valence-corrected chi connectivity index (χ0v) is 10.5. The summed E-state index contributed by atoms with van der Waals surface area (Å²) >= 11 is 5.21. The Labute approximate surface area is 106 Å². The van der Waals surface area contributed by atoms with Crippen molar-refractivity contribution in [2.75, 3.05) is 5.88 Å². The summed E-state index contributed by atoms with van der Waals surface area (Å²) in [7, 11) is 0. The van der Waals surface area contributed by atoms with Gasteiger partial charge < -0.3 is 0 Å². The van der Waals surface area contributed by atoms with Gasteiger partial charge in [0.2, 0.25) is 0 Å². The molecule has 0 saturated heterocycles. The second-order valence-electron chi connectivity index (χ2n) is 3.44. The molecule has 1 nitrogen and oxygen atoms in total. The van der Waals surface area contributed by atoms with E-state index in [1.165, 1.54) is 12.1 Å². The number of hydrogen-bond acceptors (Lipinski definition) is 2. The van der Waals surface area contributed by atoms with Gasteiger partial charge in [-0.05, 0) is 42.4 Å². The van der Waals surface area contributed by atoms with Crippen molar-refractivity contribution in [3.8, 4) is 0 Å². The Balaban J connectivity index is 2.98. The number of Topliss-reactive ketones (excluding diaryl/α,β-unsaturated/α-hetero) is 1. The monoisotopic (exact) mass is 282 g/mol. The van der Waals surface area contributed by atoms with Gasteiger partial charge in [0.25, 0.3) is 0 Å². The van der Waals surface area contributed by atoms with E-state index < -0.39 is 5.51 Å². The lowest BCUT2D eigenvalue weighted by atomic mass is 10.1. The van der Waals surface area contributed by atoms with Gasteiger partial charge in [-0.1, -0.05) is 0 Å². The number of benzene rings is 1. The summed E-state index contributed by atoms with van der Waals surface area (Å²) in [5, 5.41) is 0. The first-order valence-corrected chi connectivity index (χ1v) is 6.13. The van der Waals surface area contributed by atoms with E-state index in [-0.39, 0.29) is 40.3 Å². The van der Waals surface area contributed by atoms with Crippen LogP contribution >= 0.6 is 23.4 Å². The van der Waals surface area contributed by atoms with Crippen LogP contribution in [0.2, 0.25) is 0 Å². The molecule has 0 fully saturated rings. The lowest BCUT2D eigenvalue weighted by Gasteiger charge is -2.08. The van der Waals surface area contributed by atoms with Crippen LogP contribution < -0.4 is 0 Å². The van der Waals surface area contributed by atoms with E-state index >= 15 is 0 Å². The van der Waals surface area contributed by atoms with E-state index in [0.29, 0.717) is 5.56 Å². The Morgan fingerprint density at radius 1 is 1.35 bits per heavy atom. The van der Waals surface area contributed by atoms with Gasteiger partial charge in [0.05, 0.1) is 0 Å². The SMILES string of the molecule is Cc1cc(SC(F)(F)F)cc(C(=O)CCCl)c1. The highest BCUT2D eigenvalue weighted by molar-refractivity contribution is 8.00. The molecule has 0 radical (unpaired) electrons. The quantitative estimate of drug-likeness (QED) is 0.462. The van der Waals surface area contributed by atoms with Crippen LogP contribution in [0.5, 0.6) is 0 Å². The molecule has 0 aliphatic heterocycles. The van der Waals surface area contributed by atoms with Gasteiger partial charge in [-0.15, -0.1) is 11.6 Å². The summed E-state index contributed by atoms with van der Waals surface area (Å²) in [5.74, 6) is -0.0816. The molecule has 0 amide bonds. The van der Waals surface area contributed by atoms with Crippen molar-refractivity contribution >= 4 is 29.1 Å². The van der Waals surface area contributed by atoms with Crippen LogP contribution in [-0.4, -0.2) is 17.2 Å². The molecule has 6 heteroatoms. The fraction of sp³-hybridized carbons (Fsp3) is 0.364. The molecule has 0 heterocycles. The Bertz CT molecular complexity index is 418. The number of thioether (sulfide) groups is 1.